The van der Waals surface area contributed by atoms with E-state index in [0.717, 1.165) is 55.5 Å². The van der Waals surface area contributed by atoms with Crippen molar-refractivity contribution in [2.45, 2.75) is 39.0 Å². The van der Waals surface area contributed by atoms with Gasteiger partial charge in [0.1, 0.15) is 5.65 Å². The third-order valence-corrected chi connectivity index (χ3v) is 6.37. The zero-order valence-electron chi connectivity index (χ0n) is 17.8. The van der Waals surface area contributed by atoms with Gasteiger partial charge in [-0.1, -0.05) is 13.3 Å². The van der Waals surface area contributed by atoms with Crippen molar-refractivity contribution in [1.82, 2.24) is 19.4 Å². The molecule has 0 bridgehead atoms. The molecule has 2 aliphatic rings. The van der Waals surface area contributed by atoms with Gasteiger partial charge in [-0.15, -0.1) is 0 Å². The summed E-state index contributed by atoms with van der Waals surface area (Å²) in [4.78, 5) is 35.9. The van der Waals surface area contributed by atoms with E-state index < -0.39 is 0 Å². The number of nitrogens with one attached hydrogen (secondary N) is 1. The van der Waals surface area contributed by atoms with Crippen molar-refractivity contribution in [2.75, 3.05) is 18.4 Å². The first-order chi connectivity index (χ1) is 15.1. The number of hydrogen-bond donors (Lipinski definition) is 1. The van der Waals surface area contributed by atoms with E-state index in [0.29, 0.717) is 17.2 Å². The van der Waals surface area contributed by atoms with Crippen molar-refractivity contribution in [3.8, 4) is 5.69 Å². The molecule has 1 atom stereocenters. The first-order valence-electron chi connectivity index (χ1n) is 11.1. The lowest BCUT2D eigenvalue weighted by Gasteiger charge is -2.32. The highest BCUT2D eigenvalue weighted by atomic mass is 16.2. The molecule has 1 saturated heterocycles. The van der Waals surface area contributed by atoms with Crippen molar-refractivity contribution in [1.29, 1.82) is 0 Å². The Hall–Kier alpha value is -3.22. The van der Waals surface area contributed by atoms with Crippen LogP contribution in [0.4, 0.5) is 5.69 Å². The molecule has 1 N–H and O–H groups in total. The van der Waals surface area contributed by atoms with Crippen LogP contribution in [0.3, 0.4) is 0 Å². The first-order valence-corrected chi connectivity index (χ1v) is 11.1. The van der Waals surface area contributed by atoms with Crippen molar-refractivity contribution in [2.24, 2.45) is 11.8 Å². The summed E-state index contributed by atoms with van der Waals surface area (Å²) >= 11 is 0. The maximum atomic E-state index is 13.0. The first kappa shape index (κ1) is 19.7. The molecule has 1 aliphatic carbocycles. The zero-order valence-corrected chi connectivity index (χ0v) is 17.8. The van der Waals surface area contributed by atoms with Gasteiger partial charge >= 0.3 is 0 Å². The Kier molecular flexibility index (Phi) is 5.18. The van der Waals surface area contributed by atoms with Crippen molar-refractivity contribution in [3.05, 3.63) is 48.5 Å². The molecule has 0 radical (unpaired) electrons. The summed E-state index contributed by atoms with van der Waals surface area (Å²) in [7, 11) is 0. The third-order valence-electron chi connectivity index (χ3n) is 6.37. The summed E-state index contributed by atoms with van der Waals surface area (Å²) in [5, 5.41) is 3.84. The minimum Gasteiger partial charge on any atom is -0.338 e. The van der Waals surface area contributed by atoms with Gasteiger partial charge in [-0.3, -0.25) is 19.1 Å². The van der Waals surface area contributed by atoms with E-state index in [9.17, 15) is 9.59 Å². The summed E-state index contributed by atoms with van der Waals surface area (Å²) in [5.41, 5.74) is 2.88. The maximum Gasteiger partial charge on any atom is 0.255 e. The number of likely N-dealkylation sites (tertiary alicyclic amines) is 1. The summed E-state index contributed by atoms with van der Waals surface area (Å²) in [6.45, 7) is 3.84. The molecule has 3 aromatic heterocycles. The molecule has 1 aliphatic heterocycles. The van der Waals surface area contributed by atoms with Crippen molar-refractivity contribution >= 4 is 28.5 Å². The third kappa shape index (κ3) is 4.04. The van der Waals surface area contributed by atoms with Crippen LogP contribution in [0.5, 0.6) is 0 Å². The van der Waals surface area contributed by atoms with Crippen LogP contribution in [-0.4, -0.2) is 44.3 Å². The van der Waals surface area contributed by atoms with Crippen molar-refractivity contribution < 1.29 is 9.59 Å². The second kappa shape index (κ2) is 8.13. The van der Waals surface area contributed by atoms with Crippen LogP contribution in [-0.2, 0) is 4.79 Å². The van der Waals surface area contributed by atoms with Gasteiger partial charge in [-0.25, -0.2) is 4.98 Å². The molecule has 31 heavy (non-hydrogen) atoms. The molecule has 3 aromatic rings. The minimum atomic E-state index is 0.0561. The molecule has 1 saturated carbocycles. The van der Waals surface area contributed by atoms with E-state index in [1.54, 1.807) is 18.6 Å². The molecular weight excluding hydrogens is 390 g/mol. The Morgan fingerprint density at radius 3 is 2.84 bits per heavy atom. The molecule has 7 nitrogen and oxygen atoms in total. The van der Waals surface area contributed by atoms with Gasteiger partial charge in [-0.05, 0) is 49.8 Å². The molecule has 2 fully saturated rings. The predicted molar refractivity (Wildman–Crippen MR) is 119 cm³/mol. The van der Waals surface area contributed by atoms with Crippen LogP contribution in [0.1, 0.15) is 49.4 Å². The monoisotopic (exact) mass is 417 g/mol. The van der Waals surface area contributed by atoms with Crippen LogP contribution in [0.15, 0.2) is 43.0 Å². The number of amides is 2. The fraction of sp³-hybridized carbons (Fsp3) is 0.417. The Bertz CT molecular complexity index is 1130. The van der Waals surface area contributed by atoms with Crippen LogP contribution in [0.25, 0.3) is 16.7 Å². The number of hydrogen-bond acceptors (Lipinski definition) is 4. The van der Waals surface area contributed by atoms with E-state index in [2.05, 4.69) is 22.2 Å². The van der Waals surface area contributed by atoms with Gasteiger partial charge in [-0.2, -0.15) is 0 Å². The highest BCUT2D eigenvalue weighted by molar-refractivity contribution is 5.97. The number of nitrogens with zero attached hydrogens (tertiary/aromatic N) is 4. The van der Waals surface area contributed by atoms with Gasteiger partial charge in [0.2, 0.25) is 5.91 Å². The second-order valence-corrected chi connectivity index (χ2v) is 8.69. The standard InChI is InChI=1S/C24H27N5O2/c1-2-16-4-3-8-28(15-16)24(31)19-10-18-7-9-29(22(18)26-12-19)21-11-20(13-25-14-21)27-23(30)17-5-6-17/h7,9-14,16-17H,2-6,8,15H2,1H3,(H,27,30)/t16-/m0/s1. The van der Waals surface area contributed by atoms with Gasteiger partial charge < -0.3 is 10.2 Å². The summed E-state index contributed by atoms with van der Waals surface area (Å²) in [6, 6.07) is 5.77. The number of piperidine rings is 1. The molecule has 0 unspecified atom stereocenters. The quantitative estimate of drug-likeness (QED) is 0.680. The Morgan fingerprint density at radius 1 is 1.16 bits per heavy atom. The fourth-order valence-corrected chi connectivity index (χ4v) is 4.33. The zero-order chi connectivity index (χ0) is 21.4. The largest absolute Gasteiger partial charge is 0.338 e. The molecular formula is C24H27N5O2. The smallest absolute Gasteiger partial charge is 0.255 e. The molecule has 7 heteroatoms. The van der Waals surface area contributed by atoms with E-state index in [1.807, 2.05) is 33.9 Å². The fourth-order valence-electron chi connectivity index (χ4n) is 4.33. The van der Waals surface area contributed by atoms with E-state index >= 15 is 0 Å². The minimum absolute atomic E-state index is 0.0561. The van der Waals surface area contributed by atoms with E-state index in [4.69, 9.17) is 0 Å². The maximum absolute atomic E-state index is 13.0. The predicted octanol–water partition coefficient (Wildman–Crippen LogP) is 4.03. The lowest BCUT2D eigenvalue weighted by Crippen LogP contribution is -2.39. The number of rotatable bonds is 5. The number of pyridine rings is 2. The molecule has 4 heterocycles. The Balaban J connectivity index is 1.38. The highest BCUT2D eigenvalue weighted by Crippen LogP contribution is 2.30. The molecule has 0 aromatic carbocycles. The van der Waals surface area contributed by atoms with Gasteiger partial charge in [0, 0.05) is 36.8 Å². The molecule has 2 amide bonds. The Labute approximate surface area is 181 Å². The lowest BCUT2D eigenvalue weighted by molar-refractivity contribution is -0.117. The number of carbonyl (C=O) groups excluding carboxylic acids is 2. The van der Waals surface area contributed by atoms with Gasteiger partial charge in [0.15, 0.2) is 0 Å². The summed E-state index contributed by atoms with van der Waals surface area (Å²) < 4.78 is 1.93. The van der Waals surface area contributed by atoms with Crippen LogP contribution >= 0.6 is 0 Å². The highest BCUT2D eigenvalue weighted by Gasteiger charge is 2.29. The van der Waals surface area contributed by atoms with Gasteiger partial charge in [0.05, 0.1) is 29.3 Å². The summed E-state index contributed by atoms with van der Waals surface area (Å²) in [6.07, 6.45) is 12.3. The van der Waals surface area contributed by atoms with Gasteiger partial charge in [0.25, 0.3) is 5.91 Å². The van der Waals surface area contributed by atoms with Crippen LogP contribution in [0.2, 0.25) is 0 Å². The average molecular weight is 418 g/mol. The number of fused-ring (bicyclic) bond motifs is 1. The topological polar surface area (TPSA) is 80.1 Å². The van der Waals surface area contributed by atoms with Crippen LogP contribution < -0.4 is 5.32 Å². The van der Waals surface area contributed by atoms with Crippen LogP contribution in [0, 0.1) is 11.8 Å². The van der Waals surface area contributed by atoms with E-state index in [-0.39, 0.29) is 17.7 Å². The van der Waals surface area contributed by atoms with Crippen molar-refractivity contribution in [3.63, 3.8) is 0 Å². The molecule has 160 valence electrons. The lowest BCUT2D eigenvalue weighted by atomic mass is 9.95. The normalized spacial score (nSPS) is 18.9. The SMILES string of the molecule is CC[C@H]1CCCN(C(=O)c2cnc3c(ccn3-c3cncc(NC(=O)C4CC4)c3)c2)C1. The Morgan fingerprint density at radius 2 is 2.03 bits per heavy atom. The van der Waals surface area contributed by atoms with E-state index in [1.165, 1.54) is 6.42 Å². The summed E-state index contributed by atoms with van der Waals surface area (Å²) in [5.74, 6) is 0.851. The average Bonchev–Trinajstić information content (AvgIpc) is 3.58. The molecule has 0 spiro atoms. The number of carbonyl (C=O) groups is 2. The second-order valence-electron chi connectivity index (χ2n) is 8.69. The number of aromatic nitrogens is 3. The number of anilines is 1. The molecule has 5 rings (SSSR count).